The predicted molar refractivity (Wildman–Crippen MR) is 95.0 cm³/mol. The molecule has 2 aliphatic rings. The number of amides is 3. The average Bonchev–Trinajstić information content (AvgIpc) is 3.13. The Kier molecular flexibility index (Phi) is 5.41. The lowest BCUT2D eigenvalue weighted by Crippen LogP contribution is -2.76. The number of hydrogen-bond acceptors (Lipinski definition) is 6. The van der Waals surface area contributed by atoms with Gasteiger partial charge in [-0.1, -0.05) is 13.8 Å². The van der Waals surface area contributed by atoms with Crippen molar-refractivity contribution in [1.29, 1.82) is 0 Å². The summed E-state index contributed by atoms with van der Waals surface area (Å²) in [5, 5.41) is 12.3. The molecule has 2 N–H and O–H groups in total. The minimum absolute atomic E-state index is 0.0493. The summed E-state index contributed by atoms with van der Waals surface area (Å²) in [5.41, 5.74) is -0.850. The molecule has 3 heterocycles. The van der Waals surface area contributed by atoms with E-state index in [4.69, 9.17) is 0 Å². The second kappa shape index (κ2) is 7.59. The van der Waals surface area contributed by atoms with E-state index in [9.17, 15) is 19.5 Å². The molecule has 0 radical (unpaired) electrons. The zero-order chi connectivity index (χ0) is 19.6. The molecule has 0 aromatic carbocycles. The van der Waals surface area contributed by atoms with E-state index in [1.54, 1.807) is 23.4 Å². The summed E-state index contributed by atoms with van der Waals surface area (Å²) in [5.74, 6) is -0.526. The number of rotatable bonds is 6. The maximum absolute atomic E-state index is 12.9. The smallest absolute Gasteiger partial charge is 0.251 e. The minimum atomic E-state index is -0.983. The fourth-order valence-electron chi connectivity index (χ4n) is 3.78. The van der Waals surface area contributed by atoms with E-state index in [0.717, 1.165) is 6.42 Å². The van der Waals surface area contributed by atoms with Crippen molar-refractivity contribution in [2.24, 2.45) is 5.92 Å². The predicted octanol–water partition coefficient (Wildman–Crippen LogP) is -0.687. The molecule has 0 bridgehead atoms. The van der Waals surface area contributed by atoms with Crippen LogP contribution < -0.4 is 5.32 Å². The molecule has 2 saturated heterocycles. The number of β-lactam (4-membered cyclic amide) rings is 1. The Morgan fingerprint density at radius 2 is 2.04 bits per heavy atom. The maximum atomic E-state index is 12.9. The summed E-state index contributed by atoms with van der Waals surface area (Å²) >= 11 is 0. The molecular weight excluding hydrogens is 350 g/mol. The van der Waals surface area contributed by atoms with E-state index in [1.807, 2.05) is 13.8 Å². The summed E-state index contributed by atoms with van der Waals surface area (Å²) < 4.78 is 0. The highest BCUT2D eigenvalue weighted by atomic mass is 16.3. The van der Waals surface area contributed by atoms with Crippen LogP contribution in [0, 0.1) is 5.92 Å². The summed E-state index contributed by atoms with van der Waals surface area (Å²) in [6.45, 7) is 4.07. The van der Waals surface area contributed by atoms with Crippen LogP contribution in [0.15, 0.2) is 18.5 Å². The minimum Gasteiger partial charge on any atom is -0.394 e. The van der Waals surface area contributed by atoms with E-state index in [1.165, 1.54) is 4.90 Å². The summed E-state index contributed by atoms with van der Waals surface area (Å²) in [4.78, 5) is 48.9. The Balaban J connectivity index is 1.65. The fraction of sp³-hybridized carbons (Fsp3) is 0.611. The number of nitrogens with one attached hydrogen (secondary N) is 1. The van der Waals surface area contributed by atoms with Crippen LogP contribution in [-0.2, 0) is 20.9 Å². The standard InChI is InChI=1S/C18H25N5O4/c1-12(2)16(26)23-8-3-5-18(23)11-22(17(18)27)13(10-24)15(25)21-9-14-19-6-4-7-20-14/h4,6-7,12-13,24H,3,5,8-11H2,1-2H3,(H,21,25). The third-order valence-corrected chi connectivity index (χ3v) is 5.23. The Hall–Kier alpha value is -2.55. The molecule has 1 spiro atoms. The van der Waals surface area contributed by atoms with Crippen LogP contribution in [0.4, 0.5) is 0 Å². The van der Waals surface area contributed by atoms with Crippen LogP contribution in [0.1, 0.15) is 32.5 Å². The van der Waals surface area contributed by atoms with Gasteiger partial charge in [-0.15, -0.1) is 0 Å². The number of hydrogen-bond donors (Lipinski definition) is 2. The molecule has 146 valence electrons. The molecule has 0 saturated carbocycles. The monoisotopic (exact) mass is 375 g/mol. The van der Waals surface area contributed by atoms with Gasteiger partial charge in [0.15, 0.2) is 0 Å². The molecule has 2 fully saturated rings. The fourth-order valence-corrected chi connectivity index (χ4v) is 3.78. The van der Waals surface area contributed by atoms with Gasteiger partial charge in [-0.05, 0) is 18.9 Å². The van der Waals surface area contributed by atoms with E-state index < -0.39 is 24.1 Å². The van der Waals surface area contributed by atoms with Gasteiger partial charge in [0.05, 0.1) is 19.7 Å². The number of aromatic nitrogens is 2. The van der Waals surface area contributed by atoms with Crippen molar-refractivity contribution in [3.8, 4) is 0 Å². The number of nitrogens with zero attached hydrogens (tertiary/aromatic N) is 4. The molecular formula is C18H25N5O4. The number of carbonyl (C=O) groups excluding carboxylic acids is 3. The van der Waals surface area contributed by atoms with Gasteiger partial charge in [-0.25, -0.2) is 9.97 Å². The molecule has 2 atom stereocenters. The number of likely N-dealkylation sites (tertiary alicyclic amines) is 2. The highest BCUT2D eigenvalue weighted by Gasteiger charge is 2.61. The SMILES string of the molecule is CC(C)C(=O)N1CCCC12CN(C(CO)C(=O)NCc1ncccn1)C2=O. The Labute approximate surface area is 157 Å². The zero-order valence-corrected chi connectivity index (χ0v) is 15.6. The summed E-state index contributed by atoms with van der Waals surface area (Å²) in [6, 6.07) is 0.690. The number of aliphatic hydroxyl groups excluding tert-OH is 1. The second-order valence-corrected chi connectivity index (χ2v) is 7.29. The third-order valence-electron chi connectivity index (χ3n) is 5.23. The molecule has 9 heteroatoms. The van der Waals surface area contributed by atoms with Crippen LogP contribution >= 0.6 is 0 Å². The molecule has 0 aliphatic carbocycles. The van der Waals surface area contributed by atoms with Gasteiger partial charge in [0.25, 0.3) is 5.91 Å². The molecule has 2 unspecified atom stereocenters. The van der Waals surface area contributed by atoms with Crippen molar-refractivity contribution in [2.75, 3.05) is 19.7 Å². The van der Waals surface area contributed by atoms with Crippen molar-refractivity contribution in [3.63, 3.8) is 0 Å². The Bertz CT molecular complexity index is 726. The first-order valence-electron chi connectivity index (χ1n) is 9.17. The van der Waals surface area contributed by atoms with Crippen LogP contribution in [0.5, 0.6) is 0 Å². The summed E-state index contributed by atoms with van der Waals surface area (Å²) in [7, 11) is 0. The Morgan fingerprint density at radius 3 is 2.63 bits per heavy atom. The van der Waals surface area contributed by atoms with Crippen LogP contribution in [0.2, 0.25) is 0 Å². The lowest BCUT2D eigenvalue weighted by atomic mass is 9.83. The number of aliphatic hydroxyl groups is 1. The van der Waals surface area contributed by atoms with Crippen LogP contribution in [0.25, 0.3) is 0 Å². The van der Waals surface area contributed by atoms with E-state index in [0.29, 0.717) is 18.8 Å². The first-order chi connectivity index (χ1) is 12.9. The molecule has 9 nitrogen and oxygen atoms in total. The molecule has 1 aromatic rings. The molecule has 3 rings (SSSR count). The number of carbonyl (C=O) groups is 3. The van der Waals surface area contributed by atoms with Gasteiger partial charge in [0.1, 0.15) is 17.4 Å². The first-order valence-corrected chi connectivity index (χ1v) is 9.17. The summed E-state index contributed by atoms with van der Waals surface area (Å²) in [6.07, 6.45) is 4.50. The maximum Gasteiger partial charge on any atom is 0.251 e. The lowest BCUT2D eigenvalue weighted by molar-refractivity contribution is -0.175. The average molecular weight is 375 g/mol. The van der Waals surface area contributed by atoms with Crippen molar-refractivity contribution in [1.82, 2.24) is 25.1 Å². The van der Waals surface area contributed by atoms with Gasteiger partial charge in [0, 0.05) is 24.9 Å². The molecule has 27 heavy (non-hydrogen) atoms. The van der Waals surface area contributed by atoms with Gasteiger partial charge in [0.2, 0.25) is 11.8 Å². The first kappa shape index (κ1) is 19.2. The van der Waals surface area contributed by atoms with E-state index >= 15 is 0 Å². The van der Waals surface area contributed by atoms with Crippen molar-refractivity contribution in [2.45, 2.75) is 44.8 Å². The van der Waals surface area contributed by atoms with Crippen molar-refractivity contribution in [3.05, 3.63) is 24.3 Å². The molecule has 3 amide bonds. The zero-order valence-electron chi connectivity index (χ0n) is 15.6. The lowest BCUT2D eigenvalue weighted by Gasteiger charge is -2.53. The Morgan fingerprint density at radius 1 is 1.33 bits per heavy atom. The van der Waals surface area contributed by atoms with Gasteiger partial charge < -0.3 is 20.2 Å². The highest BCUT2D eigenvalue weighted by Crippen LogP contribution is 2.40. The molecule has 1 aromatic heterocycles. The normalized spacial score (nSPS) is 22.9. The molecule has 2 aliphatic heterocycles. The van der Waals surface area contributed by atoms with Gasteiger partial charge >= 0.3 is 0 Å². The second-order valence-electron chi connectivity index (χ2n) is 7.29. The van der Waals surface area contributed by atoms with Gasteiger partial charge in [-0.2, -0.15) is 0 Å². The topological polar surface area (TPSA) is 116 Å². The highest BCUT2D eigenvalue weighted by molar-refractivity contribution is 6.00. The third kappa shape index (κ3) is 3.39. The van der Waals surface area contributed by atoms with Gasteiger partial charge in [-0.3, -0.25) is 14.4 Å². The quantitative estimate of drug-likeness (QED) is 0.636. The van der Waals surface area contributed by atoms with E-state index in [-0.39, 0.29) is 30.8 Å². The largest absolute Gasteiger partial charge is 0.394 e. The van der Waals surface area contributed by atoms with Crippen molar-refractivity contribution >= 4 is 17.7 Å². The van der Waals surface area contributed by atoms with Crippen molar-refractivity contribution < 1.29 is 19.5 Å². The van der Waals surface area contributed by atoms with E-state index in [2.05, 4.69) is 15.3 Å². The van der Waals surface area contributed by atoms with Crippen LogP contribution in [0.3, 0.4) is 0 Å². The van der Waals surface area contributed by atoms with Crippen LogP contribution in [-0.4, -0.2) is 73.9 Å².